The van der Waals surface area contributed by atoms with Gasteiger partial charge in [0.1, 0.15) is 5.75 Å². The lowest BCUT2D eigenvalue weighted by molar-refractivity contribution is -0.121. The molecule has 2 aliphatic rings. The Hall–Kier alpha value is -1.69. The molecule has 1 aromatic rings. The first-order valence-corrected chi connectivity index (χ1v) is 10.1. The van der Waals surface area contributed by atoms with Crippen molar-refractivity contribution in [2.45, 2.75) is 46.0 Å². The molecule has 0 bridgehead atoms. The second-order valence-electron chi connectivity index (χ2n) is 8.02. The van der Waals surface area contributed by atoms with Crippen LogP contribution in [0, 0.1) is 23.5 Å². The number of likely N-dealkylation sites (tertiary alicyclic amines) is 1. The maximum atomic E-state index is 13.7. The van der Waals surface area contributed by atoms with Crippen LogP contribution in [0.2, 0.25) is 0 Å². The van der Waals surface area contributed by atoms with Gasteiger partial charge in [-0.2, -0.15) is 0 Å². The fourth-order valence-corrected chi connectivity index (χ4v) is 4.16. The fourth-order valence-electron chi connectivity index (χ4n) is 4.16. The third-order valence-corrected chi connectivity index (χ3v) is 5.68. The smallest absolute Gasteiger partial charge is 0.265 e. The molecule has 0 aromatic heterocycles. The van der Waals surface area contributed by atoms with Crippen LogP contribution in [0.4, 0.5) is 14.5 Å². The summed E-state index contributed by atoms with van der Waals surface area (Å²) in [5.41, 5.74) is 0.329. The van der Waals surface area contributed by atoms with Gasteiger partial charge in [0.05, 0.1) is 5.69 Å². The molecule has 2 aliphatic heterocycles. The van der Waals surface area contributed by atoms with Crippen molar-refractivity contribution in [3.63, 3.8) is 0 Å². The zero-order valence-corrected chi connectivity index (χ0v) is 16.3. The molecule has 1 atom stereocenters. The van der Waals surface area contributed by atoms with E-state index in [9.17, 15) is 13.6 Å². The van der Waals surface area contributed by atoms with E-state index in [0.717, 1.165) is 37.7 Å². The topological polar surface area (TPSA) is 32.8 Å². The number of carbonyl (C=O) groups excluding carboxylic acids is 1. The molecule has 0 saturated carbocycles. The number of fused-ring (bicyclic) bond motifs is 1. The minimum atomic E-state index is -0.959. The van der Waals surface area contributed by atoms with E-state index in [0.29, 0.717) is 12.2 Å². The molecule has 1 amide bonds. The standard InChI is InChI=1S/C21H30F2N2O2/c1-3-4-5-16-6-8-24(9-7-16)12-15(2)13-25-19-10-17(22)18(23)11-20(19)27-14-21(25)26/h10-11,15-16H,3-9,12-14H2,1-2H3. The molecule has 1 fully saturated rings. The number of rotatable bonds is 7. The average molecular weight is 380 g/mol. The molecule has 0 radical (unpaired) electrons. The van der Waals surface area contributed by atoms with Gasteiger partial charge in [0.25, 0.3) is 5.91 Å². The Morgan fingerprint density at radius 3 is 2.59 bits per heavy atom. The number of anilines is 1. The summed E-state index contributed by atoms with van der Waals surface area (Å²) in [7, 11) is 0. The van der Waals surface area contributed by atoms with Crippen LogP contribution in [-0.4, -0.2) is 43.6 Å². The first-order valence-electron chi connectivity index (χ1n) is 10.1. The number of unbranched alkanes of at least 4 members (excludes halogenated alkanes) is 1. The van der Waals surface area contributed by atoms with Crippen LogP contribution in [0.1, 0.15) is 46.0 Å². The molecule has 27 heavy (non-hydrogen) atoms. The van der Waals surface area contributed by atoms with Crippen molar-refractivity contribution in [2.75, 3.05) is 37.7 Å². The molecular weight excluding hydrogens is 350 g/mol. The minimum absolute atomic E-state index is 0.131. The van der Waals surface area contributed by atoms with Crippen molar-refractivity contribution >= 4 is 11.6 Å². The Kier molecular flexibility index (Phi) is 6.68. The van der Waals surface area contributed by atoms with Gasteiger partial charge in [-0.15, -0.1) is 0 Å². The summed E-state index contributed by atoms with van der Waals surface area (Å²) < 4.78 is 32.4. The van der Waals surface area contributed by atoms with Crippen LogP contribution in [0.15, 0.2) is 12.1 Å². The molecule has 0 aliphatic carbocycles. The zero-order chi connectivity index (χ0) is 19.4. The second kappa shape index (κ2) is 9.00. The maximum Gasteiger partial charge on any atom is 0.265 e. The summed E-state index contributed by atoms with van der Waals surface area (Å²) >= 11 is 0. The Bertz CT molecular complexity index is 660. The van der Waals surface area contributed by atoms with Gasteiger partial charge in [0.15, 0.2) is 18.2 Å². The van der Waals surface area contributed by atoms with Gasteiger partial charge < -0.3 is 14.5 Å². The Balaban J connectivity index is 1.56. The maximum absolute atomic E-state index is 13.7. The van der Waals surface area contributed by atoms with Crippen LogP contribution in [-0.2, 0) is 4.79 Å². The minimum Gasteiger partial charge on any atom is -0.481 e. The van der Waals surface area contributed by atoms with Crippen molar-refractivity contribution in [1.29, 1.82) is 0 Å². The molecule has 150 valence electrons. The highest BCUT2D eigenvalue weighted by Gasteiger charge is 2.29. The number of halogens is 2. The number of hydrogen-bond donors (Lipinski definition) is 0. The number of ether oxygens (including phenoxy) is 1. The van der Waals surface area contributed by atoms with Crippen molar-refractivity contribution in [3.8, 4) is 5.75 Å². The average Bonchev–Trinajstić information content (AvgIpc) is 2.65. The number of hydrogen-bond acceptors (Lipinski definition) is 3. The zero-order valence-electron chi connectivity index (χ0n) is 16.3. The predicted octanol–water partition coefficient (Wildman–Crippen LogP) is 4.23. The molecule has 1 aromatic carbocycles. The molecule has 6 heteroatoms. The van der Waals surface area contributed by atoms with E-state index >= 15 is 0 Å². The Labute approximate surface area is 160 Å². The van der Waals surface area contributed by atoms with E-state index in [1.54, 1.807) is 4.90 Å². The molecule has 1 unspecified atom stereocenters. The van der Waals surface area contributed by atoms with Crippen LogP contribution in [0.25, 0.3) is 0 Å². The highest BCUT2D eigenvalue weighted by molar-refractivity contribution is 5.97. The van der Waals surface area contributed by atoms with Crippen molar-refractivity contribution in [3.05, 3.63) is 23.8 Å². The predicted molar refractivity (Wildman–Crippen MR) is 102 cm³/mol. The highest BCUT2D eigenvalue weighted by atomic mass is 19.2. The first kappa shape index (κ1) is 20.1. The molecule has 0 spiro atoms. The summed E-state index contributed by atoms with van der Waals surface area (Å²) in [5, 5.41) is 0. The SMILES string of the molecule is CCCCC1CCN(CC(C)CN2C(=O)COc3cc(F)c(F)cc32)CC1. The summed E-state index contributed by atoms with van der Waals surface area (Å²) in [6.07, 6.45) is 6.40. The Morgan fingerprint density at radius 2 is 1.89 bits per heavy atom. The van der Waals surface area contributed by atoms with Gasteiger partial charge in [0.2, 0.25) is 0 Å². The van der Waals surface area contributed by atoms with Crippen LogP contribution in [0.3, 0.4) is 0 Å². The largest absolute Gasteiger partial charge is 0.481 e. The molecule has 3 rings (SSSR count). The van der Waals surface area contributed by atoms with E-state index in [1.807, 2.05) is 0 Å². The lowest BCUT2D eigenvalue weighted by atomic mass is 9.91. The summed E-state index contributed by atoms with van der Waals surface area (Å²) in [6, 6.07) is 2.09. The molecule has 1 saturated heterocycles. The number of carbonyl (C=O) groups is 1. The lowest BCUT2D eigenvalue weighted by Gasteiger charge is -2.36. The van der Waals surface area contributed by atoms with E-state index in [-0.39, 0.29) is 24.2 Å². The van der Waals surface area contributed by atoms with Gasteiger partial charge in [-0.05, 0) is 37.8 Å². The number of amides is 1. The third kappa shape index (κ3) is 4.98. The van der Waals surface area contributed by atoms with Crippen LogP contribution in [0.5, 0.6) is 5.75 Å². The molecular formula is C21H30F2N2O2. The van der Waals surface area contributed by atoms with E-state index in [4.69, 9.17) is 4.74 Å². The summed E-state index contributed by atoms with van der Waals surface area (Å²) in [4.78, 5) is 16.3. The van der Waals surface area contributed by atoms with E-state index in [1.165, 1.54) is 32.1 Å². The molecule has 4 nitrogen and oxygen atoms in total. The molecule has 0 N–H and O–H groups in total. The van der Waals surface area contributed by atoms with Crippen molar-refractivity contribution in [1.82, 2.24) is 4.90 Å². The van der Waals surface area contributed by atoms with Crippen LogP contribution < -0.4 is 9.64 Å². The number of nitrogens with zero attached hydrogens (tertiary/aromatic N) is 2. The Morgan fingerprint density at radius 1 is 1.19 bits per heavy atom. The van der Waals surface area contributed by atoms with Gasteiger partial charge in [0, 0.05) is 25.2 Å². The lowest BCUT2D eigenvalue weighted by Crippen LogP contribution is -2.44. The van der Waals surface area contributed by atoms with Gasteiger partial charge in [-0.25, -0.2) is 8.78 Å². The van der Waals surface area contributed by atoms with E-state index in [2.05, 4.69) is 18.7 Å². The van der Waals surface area contributed by atoms with Crippen molar-refractivity contribution < 1.29 is 18.3 Å². The van der Waals surface area contributed by atoms with Crippen molar-refractivity contribution in [2.24, 2.45) is 11.8 Å². The monoisotopic (exact) mass is 380 g/mol. The number of benzene rings is 1. The van der Waals surface area contributed by atoms with Crippen LogP contribution >= 0.6 is 0 Å². The van der Waals surface area contributed by atoms with E-state index < -0.39 is 11.6 Å². The fraction of sp³-hybridized carbons (Fsp3) is 0.667. The van der Waals surface area contributed by atoms with Gasteiger partial charge >= 0.3 is 0 Å². The highest BCUT2D eigenvalue weighted by Crippen LogP contribution is 2.34. The normalized spacial score (nSPS) is 19.7. The summed E-state index contributed by atoms with van der Waals surface area (Å²) in [5.74, 6) is -0.806. The third-order valence-electron chi connectivity index (χ3n) is 5.68. The first-order chi connectivity index (χ1) is 13.0. The van der Waals surface area contributed by atoms with Gasteiger partial charge in [-0.1, -0.05) is 33.1 Å². The quantitative estimate of drug-likeness (QED) is 0.710. The molecule has 2 heterocycles. The van der Waals surface area contributed by atoms with Gasteiger partial charge in [-0.3, -0.25) is 4.79 Å². The number of piperidine rings is 1. The summed E-state index contributed by atoms with van der Waals surface area (Å²) in [6.45, 7) is 7.81. The second-order valence-corrected chi connectivity index (χ2v) is 8.02.